The minimum atomic E-state index is -3.38. The highest BCUT2D eigenvalue weighted by Gasteiger charge is 2.16. The lowest BCUT2D eigenvalue weighted by Gasteiger charge is -2.09. The summed E-state index contributed by atoms with van der Waals surface area (Å²) in [6.45, 7) is 4.50. The summed E-state index contributed by atoms with van der Waals surface area (Å²) in [4.78, 5) is 14.4. The van der Waals surface area contributed by atoms with Gasteiger partial charge >= 0.3 is 5.69 Å². The highest BCUT2D eigenvalue weighted by Crippen LogP contribution is 2.23. The minimum Gasteiger partial charge on any atom is -0.370 e. The molecule has 0 aliphatic rings. The molecule has 0 aromatic carbocycles. The number of pyridine rings is 1. The van der Waals surface area contributed by atoms with Gasteiger partial charge in [0.2, 0.25) is 15.8 Å². The maximum atomic E-state index is 11.5. The van der Waals surface area contributed by atoms with Gasteiger partial charge in [-0.15, -0.1) is 0 Å². The number of sulfonamides is 1. The molecule has 0 bridgehead atoms. The first-order valence-corrected chi connectivity index (χ1v) is 8.15. The Hall–Kier alpha value is -1.94. The molecule has 0 amide bonds. The molecule has 0 spiro atoms. The molecule has 3 N–H and O–H groups in total. The van der Waals surface area contributed by atoms with Crippen molar-refractivity contribution in [3.05, 3.63) is 22.2 Å². The first kappa shape index (κ1) is 17.1. The van der Waals surface area contributed by atoms with Crippen molar-refractivity contribution in [3.8, 4) is 0 Å². The topological polar surface area (TPSA) is 126 Å². The summed E-state index contributed by atoms with van der Waals surface area (Å²) < 4.78 is 25.3. The second kappa shape index (κ2) is 7.74. The third kappa shape index (κ3) is 5.52. The Balaban J connectivity index is 2.80. The van der Waals surface area contributed by atoms with Crippen LogP contribution in [0.3, 0.4) is 0 Å². The summed E-state index contributed by atoms with van der Waals surface area (Å²) in [5.74, 6) is 0.343. The third-order valence-corrected chi connectivity index (χ3v) is 3.93. The van der Waals surface area contributed by atoms with Gasteiger partial charge in [0.15, 0.2) is 0 Å². The number of hydrogen-bond donors (Lipinski definition) is 3. The van der Waals surface area contributed by atoms with Crippen LogP contribution in [0.2, 0.25) is 0 Å². The fraction of sp³-hybridized carbons (Fsp3) is 0.545. The van der Waals surface area contributed by atoms with Gasteiger partial charge in [0, 0.05) is 25.7 Å². The van der Waals surface area contributed by atoms with Crippen LogP contribution in [0.1, 0.15) is 13.8 Å². The number of aromatic nitrogens is 1. The minimum absolute atomic E-state index is 0.0265. The molecule has 118 valence electrons. The maximum Gasteiger partial charge on any atom is 0.311 e. The Morgan fingerprint density at radius 2 is 1.95 bits per heavy atom. The predicted octanol–water partition coefficient (Wildman–Crippen LogP) is 0.773. The standard InChI is InChI=1S/C11H19N5O4S/c1-3-12-10-6-5-9(16(17)18)11(15-10)13-7-8-21(19,20)14-4-2/h5-6,14H,3-4,7-8H2,1-2H3,(H2,12,13,15). The van der Waals surface area contributed by atoms with Crippen LogP contribution in [-0.2, 0) is 10.0 Å². The quantitative estimate of drug-likeness (QED) is 0.453. The van der Waals surface area contributed by atoms with E-state index in [2.05, 4.69) is 20.3 Å². The van der Waals surface area contributed by atoms with Gasteiger partial charge in [-0.2, -0.15) is 0 Å². The molecule has 0 saturated heterocycles. The normalized spacial score (nSPS) is 11.1. The predicted molar refractivity (Wildman–Crippen MR) is 81.0 cm³/mol. The Labute approximate surface area is 123 Å². The Morgan fingerprint density at radius 3 is 2.52 bits per heavy atom. The van der Waals surface area contributed by atoms with E-state index in [-0.39, 0.29) is 23.8 Å². The van der Waals surface area contributed by atoms with E-state index in [9.17, 15) is 18.5 Å². The number of nitrogens with one attached hydrogen (secondary N) is 3. The van der Waals surface area contributed by atoms with Crippen LogP contribution in [0, 0.1) is 10.1 Å². The number of anilines is 2. The molecule has 1 rings (SSSR count). The van der Waals surface area contributed by atoms with Crippen LogP contribution in [0.15, 0.2) is 12.1 Å². The first-order chi connectivity index (χ1) is 9.89. The van der Waals surface area contributed by atoms with E-state index in [1.807, 2.05) is 6.92 Å². The molecule has 0 aliphatic heterocycles. The average molecular weight is 317 g/mol. The fourth-order valence-corrected chi connectivity index (χ4v) is 2.56. The lowest BCUT2D eigenvalue weighted by Crippen LogP contribution is -2.29. The number of nitro groups is 1. The van der Waals surface area contributed by atoms with Gasteiger partial charge in [0.05, 0.1) is 10.7 Å². The van der Waals surface area contributed by atoms with Crippen molar-refractivity contribution >= 4 is 27.3 Å². The summed E-state index contributed by atoms with van der Waals surface area (Å²) in [7, 11) is -3.38. The molecular weight excluding hydrogens is 298 g/mol. The van der Waals surface area contributed by atoms with Crippen molar-refractivity contribution in [3.63, 3.8) is 0 Å². The van der Waals surface area contributed by atoms with E-state index in [4.69, 9.17) is 0 Å². The van der Waals surface area contributed by atoms with Crippen molar-refractivity contribution in [1.29, 1.82) is 0 Å². The van der Waals surface area contributed by atoms with Crippen LogP contribution < -0.4 is 15.4 Å². The summed E-state index contributed by atoms with van der Waals surface area (Å²) in [6, 6.07) is 2.83. The van der Waals surface area contributed by atoms with E-state index in [0.717, 1.165) is 0 Å². The zero-order valence-corrected chi connectivity index (χ0v) is 12.7. The number of hydrogen-bond acceptors (Lipinski definition) is 7. The van der Waals surface area contributed by atoms with Gasteiger partial charge in [0.1, 0.15) is 5.82 Å². The summed E-state index contributed by atoms with van der Waals surface area (Å²) in [5.41, 5.74) is -0.197. The summed E-state index contributed by atoms with van der Waals surface area (Å²) in [6.07, 6.45) is 0. The van der Waals surface area contributed by atoms with Crippen LogP contribution in [0.25, 0.3) is 0 Å². The number of nitrogens with zero attached hydrogens (tertiary/aromatic N) is 2. The van der Waals surface area contributed by atoms with E-state index < -0.39 is 14.9 Å². The van der Waals surface area contributed by atoms with Crippen LogP contribution in [-0.4, -0.2) is 43.7 Å². The molecule has 1 aromatic rings. The van der Waals surface area contributed by atoms with Gasteiger partial charge in [-0.1, -0.05) is 6.92 Å². The molecule has 1 heterocycles. The van der Waals surface area contributed by atoms with Crippen LogP contribution >= 0.6 is 0 Å². The average Bonchev–Trinajstić information content (AvgIpc) is 2.38. The van der Waals surface area contributed by atoms with Crippen molar-refractivity contribution in [2.45, 2.75) is 13.8 Å². The van der Waals surface area contributed by atoms with E-state index in [1.165, 1.54) is 12.1 Å². The van der Waals surface area contributed by atoms with Crippen LogP contribution in [0.5, 0.6) is 0 Å². The lowest BCUT2D eigenvalue weighted by atomic mass is 10.3. The Bertz CT molecular complexity index is 590. The molecule has 1 aromatic heterocycles. The second-order valence-electron chi connectivity index (χ2n) is 4.10. The molecule has 0 saturated carbocycles. The van der Waals surface area contributed by atoms with Crippen molar-refractivity contribution in [2.75, 3.05) is 36.0 Å². The van der Waals surface area contributed by atoms with Gasteiger partial charge in [-0.3, -0.25) is 10.1 Å². The molecule has 21 heavy (non-hydrogen) atoms. The van der Waals surface area contributed by atoms with Gasteiger partial charge in [-0.25, -0.2) is 18.1 Å². The lowest BCUT2D eigenvalue weighted by molar-refractivity contribution is -0.384. The van der Waals surface area contributed by atoms with Gasteiger partial charge in [0.25, 0.3) is 0 Å². The monoisotopic (exact) mass is 317 g/mol. The van der Waals surface area contributed by atoms with E-state index >= 15 is 0 Å². The maximum absolute atomic E-state index is 11.5. The van der Waals surface area contributed by atoms with Gasteiger partial charge in [-0.05, 0) is 13.0 Å². The molecule has 0 aliphatic carbocycles. The van der Waals surface area contributed by atoms with Crippen molar-refractivity contribution < 1.29 is 13.3 Å². The summed E-state index contributed by atoms with van der Waals surface area (Å²) in [5, 5.41) is 16.6. The van der Waals surface area contributed by atoms with Crippen molar-refractivity contribution in [2.24, 2.45) is 0 Å². The van der Waals surface area contributed by atoms with Gasteiger partial charge < -0.3 is 10.6 Å². The zero-order valence-electron chi connectivity index (χ0n) is 11.9. The second-order valence-corrected chi connectivity index (χ2v) is 6.02. The van der Waals surface area contributed by atoms with E-state index in [0.29, 0.717) is 18.9 Å². The Morgan fingerprint density at radius 1 is 1.24 bits per heavy atom. The fourth-order valence-electron chi connectivity index (χ4n) is 1.60. The Kier molecular flexibility index (Phi) is 6.31. The first-order valence-electron chi connectivity index (χ1n) is 6.50. The molecule has 0 atom stereocenters. The molecule has 0 radical (unpaired) electrons. The summed E-state index contributed by atoms with van der Waals surface area (Å²) >= 11 is 0. The molecule has 0 fully saturated rings. The smallest absolute Gasteiger partial charge is 0.311 e. The SMILES string of the molecule is CCNc1ccc([N+](=O)[O-])c(NCCS(=O)(=O)NCC)n1. The molecular formula is C11H19N5O4S. The third-order valence-electron chi connectivity index (χ3n) is 2.46. The zero-order chi connectivity index (χ0) is 15.9. The highest BCUT2D eigenvalue weighted by atomic mass is 32.2. The van der Waals surface area contributed by atoms with Crippen LogP contribution in [0.4, 0.5) is 17.3 Å². The highest BCUT2D eigenvalue weighted by molar-refractivity contribution is 7.89. The van der Waals surface area contributed by atoms with Crippen molar-refractivity contribution in [1.82, 2.24) is 9.71 Å². The molecule has 10 heteroatoms. The molecule has 9 nitrogen and oxygen atoms in total. The molecule has 0 unspecified atom stereocenters. The number of rotatable bonds is 9. The van der Waals surface area contributed by atoms with E-state index in [1.54, 1.807) is 6.92 Å². The largest absolute Gasteiger partial charge is 0.370 e.